The van der Waals surface area contributed by atoms with Gasteiger partial charge in [0.2, 0.25) is 0 Å². The Morgan fingerprint density at radius 3 is 2.42 bits per heavy atom. The number of rotatable bonds is 3. The molecule has 4 nitrogen and oxygen atoms in total. The summed E-state index contributed by atoms with van der Waals surface area (Å²) >= 11 is 4.78. The van der Waals surface area contributed by atoms with Gasteiger partial charge in [0.05, 0.1) is 5.71 Å². The lowest BCUT2D eigenvalue weighted by Crippen LogP contribution is -2.42. The molecule has 4 N–H and O–H groups in total. The van der Waals surface area contributed by atoms with E-state index in [0.717, 1.165) is 37.7 Å². The Labute approximate surface area is 118 Å². The van der Waals surface area contributed by atoms with Crippen molar-refractivity contribution < 1.29 is 5.11 Å². The Bertz CT molecular complexity index is 467. The van der Waals surface area contributed by atoms with Crippen molar-refractivity contribution in [1.82, 2.24) is 5.43 Å². The summed E-state index contributed by atoms with van der Waals surface area (Å²) in [5, 5.41) is 15.2. The Kier molecular flexibility index (Phi) is 4.50. The number of nitrogens with zero attached hydrogens (tertiary/aromatic N) is 1. The van der Waals surface area contributed by atoms with Crippen molar-refractivity contribution in [2.24, 2.45) is 10.8 Å². The molecule has 0 unspecified atom stereocenters. The molecule has 0 aromatic heterocycles. The van der Waals surface area contributed by atoms with E-state index in [1.165, 1.54) is 0 Å². The highest BCUT2D eigenvalue weighted by molar-refractivity contribution is 7.80. The molecule has 1 saturated carbocycles. The molecule has 0 heterocycles. The van der Waals surface area contributed by atoms with Crippen molar-refractivity contribution in [3.63, 3.8) is 0 Å². The molecular formula is C14H19N3OS. The second-order valence-electron chi connectivity index (χ2n) is 4.89. The first kappa shape index (κ1) is 14.0. The molecule has 1 fully saturated rings. The summed E-state index contributed by atoms with van der Waals surface area (Å²) in [5.74, 6) is 0. The minimum atomic E-state index is -0.891. The van der Waals surface area contributed by atoms with Gasteiger partial charge in [-0.3, -0.25) is 5.43 Å². The first-order chi connectivity index (χ1) is 9.12. The number of nitrogens with one attached hydrogen (secondary N) is 1. The van der Waals surface area contributed by atoms with Gasteiger partial charge in [0.25, 0.3) is 0 Å². The van der Waals surface area contributed by atoms with Crippen LogP contribution in [0.4, 0.5) is 0 Å². The van der Waals surface area contributed by atoms with Crippen LogP contribution in [-0.2, 0) is 0 Å². The zero-order chi connectivity index (χ0) is 13.7. The van der Waals surface area contributed by atoms with Crippen molar-refractivity contribution in [3.05, 3.63) is 35.9 Å². The van der Waals surface area contributed by atoms with Gasteiger partial charge in [-0.2, -0.15) is 5.10 Å². The highest BCUT2D eigenvalue weighted by atomic mass is 32.1. The van der Waals surface area contributed by atoms with Gasteiger partial charge in [-0.25, -0.2) is 0 Å². The second-order valence-corrected chi connectivity index (χ2v) is 5.33. The molecule has 0 aliphatic heterocycles. The second kappa shape index (κ2) is 6.12. The fourth-order valence-electron chi connectivity index (χ4n) is 2.52. The summed E-state index contributed by atoms with van der Waals surface area (Å²) in [5.41, 5.74) is 8.66. The lowest BCUT2D eigenvalue weighted by Gasteiger charge is -2.33. The van der Waals surface area contributed by atoms with Crippen LogP contribution in [-0.4, -0.2) is 21.5 Å². The third-order valence-electron chi connectivity index (χ3n) is 3.45. The van der Waals surface area contributed by atoms with Crippen molar-refractivity contribution >= 4 is 23.0 Å². The first-order valence-electron chi connectivity index (χ1n) is 6.53. The van der Waals surface area contributed by atoms with Gasteiger partial charge in [0.15, 0.2) is 5.11 Å². The maximum absolute atomic E-state index is 10.8. The van der Waals surface area contributed by atoms with E-state index in [1.54, 1.807) is 0 Å². The van der Waals surface area contributed by atoms with Crippen LogP contribution < -0.4 is 11.2 Å². The van der Waals surface area contributed by atoms with Crippen LogP contribution in [0.15, 0.2) is 35.4 Å². The minimum Gasteiger partial charge on any atom is -0.383 e. The Morgan fingerprint density at radius 2 is 1.84 bits per heavy atom. The van der Waals surface area contributed by atoms with E-state index < -0.39 is 5.60 Å². The molecule has 2 rings (SSSR count). The molecule has 1 aromatic carbocycles. The lowest BCUT2D eigenvalue weighted by atomic mass is 9.79. The Hall–Kier alpha value is -1.46. The number of aliphatic hydroxyl groups is 1. The maximum Gasteiger partial charge on any atom is 0.184 e. The van der Waals surface area contributed by atoms with Gasteiger partial charge >= 0.3 is 0 Å². The molecule has 0 amide bonds. The van der Waals surface area contributed by atoms with E-state index in [2.05, 4.69) is 10.5 Å². The molecule has 19 heavy (non-hydrogen) atoms. The van der Waals surface area contributed by atoms with E-state index in [9.17, 15) is 5.11 Å². The largest absolute Gasteiger partial charge is 0.383 e. The average Bonchev–Trinajstić information content (AvgIpc) is 2.40. The third kappa shape index (κ3) is 3.52. The third-order valence-corrected chi connectivity index (χ3v) is 3.54. The Morgan fingerprint density at radius 1 is 1.21 bits per heavy atom. The number of hydrazone groups is 1. The summed E-state index contributed by atoms with van der Waals surface area (Å²) in [6.07, 6.45) is 4.62. The van der Waals surface area contributed by atoms with Gasteiger partial charge < -0.3 is 10.8 Å². The predicted octanol–water partition coefficient (Wildman–Crippen LogP) is 1.92. The van der Waals surface area contributed by atoms with Gasteiger partial charge in [-0.05, 0) is 25.1 Å². The summed E-state index contributed by atoms with van der Waals surface area (Å²) in [4.78, 5) is 0. The molecular weight excluding hydrogens is 258 g/mol. The van der Waals surface area contributed by atoms with Crippen LogP contribution in [0.3, 0.4) is 0 Å². The molecule has 102 valence electrons. The van der Waals surface area contributed by atoms with E-state index in [0.29, 0.717) is 5.71 Å². The fourth-order valence-corrected chi connectivity index (χ4v) is 2.56. The summed E-state index contributed by atoms with van der Waals surface area (Å²) in [6.45, 7) is 0. The van der Waals surface area contributed by atoms with Crippen LogP contribution in [0.2, 0.25) is 0 Å². The molecule has 5 heteroatoms. The molecule has 0 spiro atoms. The van der Waals surface area contributed by atoms with E-state index in [4.69, 9.17) is 18.0 Å². The highest BCUT2D eigenvalue weighted by Crippen LogP contribution is 2.31. The van der Waals surface area contributed by atoms with Gasteiger partial charge in [-0.15, -0.1) is 0 Å². The standard InChI is InChI=1S/C14H19N3OS/c15-13(19)17-16-12(11-7-3-1-4-8-11)14(18)9-5-2-6-10-14/h1,3-4,7-8,18H,2,5-6,9-10H2,(H3,15,17,19)/b16-12-. The van der Waals surface area contributed by atoms with Gasteiger partial charge in [0, 0.05) is 5.56 Å². The van der Waals surface area contributed by atoms with Crippen molar-refractivity contribution in [2.75, 3.05) is 0 Å². The predicted molar refractivity (Wildman–Crippen MR) is 80.9 cm³/mol. The van der Waals surface area contributed by atoms with Crippen LogP contribution in [0.5, 0.6) is 0 Å². The number of benzene rings is 1. The molecule has 1 aromatic rings. The zero-order valence-electron chi connectivity index (χ0n) is 10.8. The van der Waals surface area contributed by atoms with Crippen LogP contribution >= 0.6 is 12.2 Å². The SMILES string of the molecule is NC(=S)N/N=C(/c1ccccc1)C1(O)CCCCC1. The average molecular weight is 277 g/mol. The normalized spacial score (nSPS) is 18.9. The number of hydrogen-bond donors (Lipinski definition) is 3. The van der Waals surface area contributed by atoms with Crippen molar-refractivity contribution in [2.45, 2.75) is 37.7 Å². The quantitative estimate of drug-likeness (QED) is 0.448. The van der Waals surface area contributed by atoms with Crippen LogP contribution in [0, 0.1) is 0 Å². The molecule has 0 bridgehead atoms. The Balaban J connectivity index is 2.34. The molecule has 0 radical (unpaired) electrons. The number of hydrogen-bond acceptors (Lipinski definition) is 3. The number of nitrogens with two attached hydrogens (primary N) is 1. The highest BCUT2D eigenvalue weighted by Gasteiger charge is 2.35. The van der Waals surface area contributed by atoms with E-state index in [1.807, 2.05) is 30.3 Å². The minimum absolute atomic E-state index is 0.104. The van der Waals surface area contributed by atoms with E-state index in [-0.39, 0.29) is 5.11 Å². The monoisotopic (exact) mass is 277 g/mol. The summed E-state index contributed by atoms with van der Waals surface area (Å²) < 4.78 is 0. The molecule has 1 aliphatic rings. The van der Waals surface area contributed by atoms with Crippen LogP contribution in [0.25, 0.3) is 0 Å². The maximum atomic E-state index is 10.8. The smallest absolute Gasteiger partial charge is 0.184 e. The van der Waals surface area contributed by atoms with Crippen molar-refractivity contribution in [3.8, 4) is 0 Å². The summed E-state index contributed by atoms with van der Waals surface area (Å²) in [7, 11) is 0. The molecule has 0 saturated heterocycles. The van der Waals surface area contributed by atoms with E-state index >= 15 is 0 Å². The number of thiocarbonyl (C=S) groups is 1. The topological polar surface area (TPSA) is 70.6 Å². The molecule has 0 atom stereocenters. The van der Waals surface area contributed by atoms with Gasteiger partial charge in [0.1, 0.15) is 5.60 Å². The zero-order valence-corrected chi connectivity index (χ0v) is 11.6. The fraction of sp³-hybridized carbons (Fsp3) is 0.429. The molecule has 1 aliphatic carbocycles. The van der Waals surface area contributed by atoms with Crippen LogP contribution in [0.1, 0.15) is 37.7 Å². The first-order valence-corrected chi connectivity index (χ1v) is 6.94. The van der Waals surface area contributed by atoms with Crippen molar-refractivity contribution in [1.29, 1.82) is 0 Å². The summed E-state index contributed by atoms with van der Waals surface area (Å²) in [6, 6.07) is 9.67. The van der Waals surface area contributed by atoms with Gasteiger partial charge in [-0.1, -0.05) is 49.6 Å². The lowest BCUT2D eigenvalue weighted by molar-refractivity contribution is 0.0711.